The Balaban J connectivity index is 4.80. The van der Waals surface area contributed by atoms with E-state index in [-0.39, 0.29) is 11.9 Å². The molecule has 43 heavy (non-hydrogen) atoms. The van der Waals surface area contributed by atoms with Crippen molar-refractivity contribution in [3.05, 3.63) is 24.3 Å². The van der Waals surface area contributed by atoms with Crippen molar-refractivity contribution in [2.75, 3.05) is 13.2 Å². The third-order valence-corrected chi connectivity index (χ3v) is 30.5. The van der Waals surface area contributed by atoms with Gasteiger partial charge in [0.15, 0.2) is 49.9 Å². The van der Waals surface area contributed by atoms with E-state index in [4.69, 9.17) is 21.8 Å². The summed E-state index contributed by atoms with van der Waals surface area (Å²) in [7, 11) is -11.1. The Morgan fingerprint density at radius 2 is 0.651 bits per heavy atom. The SMILES string of the molecule is C=C(C)C(=O)OCCC[Si](C)(C)O[Si](C)(C)CC[Si](C)(C)O[Si](C)(C)CC[Si](C)(C)O[Si](C)(C)CCCOC(=O)C(=C)C. The lowest BCUT2D eigenvalue weighted by molar-refractivity contribution is -0.139. The molecule has 0 rings (SSSR count). The van der Waals surface area contributed by atoms with E-state index >= 15 is 0 Å². The second-order valence-corrected chi connectivity index (χ2v) is 42.5. The smallest absolute Gasteiger partial charge is 0.333 e. The predicted octanol–water partition coefficient (Wildman–Crippen LogP) is 9.29. The molecule has 7 nitrogen and oxygen atoms in total. The van der Waals surface area contributed by atoms with Gasteiger partial charge in [-0.2, -0.15) is 0 Å². The van der Waals surface area contributed by atoms with Gasteiger partial charge in [0.05, 0.1) is 13.2 Å². The van der Waals surface area contributed by atoms with Gasteiger partial charge < -0.3 is 21.8 Å². The molecule has 0 heterocycles. The average molecular weight is 707 g/mol. The maximum absolute atomic E-state index is 11.6. The number of hydrogen-bond donors (Lipinski definition) is 0. The molecule has 0 aromatic carbocycles. The van der Waals surface area contributed by atoms with Gasteiger partial charge >= 0.3 is 11.9 Å². The van der Waals surface area contributed by atoms with E-state index in [1.807, 2.05) is 0 Å². The maximum Gasteiger partial charge on any atom is 0.333 e. The molecule has 252 valence electrons. The summed E-state index contributed by atoms with van der Waals surface area (Å²) in [5, 5.41) is 0. The Bertz CT molecular complexity index is 871. The zero-order valence-corrected chi connectivity index (χ0v) is 36.3. The van der Waals surface area contributed by atoms with E-state index in [1.165, 1.54) is 0 Å². The number of carbonyl (C=O) groups excluding carboxylic acids is 2. The molecule has 0 bridgehead atoms. The Morgan fingerprint density at radius 3 is 0.860 bits per heavy atom. The largest absolute Gasteiger partial charge is 0.462 e. The Labute approximate surface area is 271 Å². The van der Waals surface area contributed by atoms with Crippen molar-refractivity contribution in [2.45, 2.75) is 142 Å². The van der Waals surface area contributed by atoms with Crippen molar-refractivity contribution in [3.63, 3.8) is 0 Å². The molecule has 0 aromatic heterocycles. The van der Waals surface area contributed by atoms with Crippen LogP contribution in [-0.4, -0.2) is 75.1 Å². The molecule has 0 aliphatic heterocycles. The number of ether oxygens (including phenoxy) is 2. The first-order valence-corrected chi connectivity index (χ1v) is 34.6. The summed E-state index contributed by atoms with van der Waals surface area (Å²) in [4.78, 5) is 23.3. The van der Waals surface area contributed by atoms with E-state index in [0.29, 0.717) is 24.4 Å². The minimum absolute atomic E-state index is 0.311. The molecule has 13 heteroatoms. The van der Waals surface area contributed by atoms with Crippen LogP contribution in [0.1, 0.15) is 26.7 Å². The summed E-state index contributed by atoms with van der Waals surface area (Å²) in [5.41, 5.74) is 0.887. The molecule has 0 saturated carbocycles. The van der Waals surface area contributed by atoms with Crippen LogP contribution >= 0.6 is 0 Å². The average Bonchev–Trinajstić information content (AvgIpc) is 2.80. The highest BCUT2D eigenvalue weighted by atomic mass is 28.4. The predicted molar refractivity (Wildman–Crippen MR) is 198 cm³/mol. The number of carbonyl (C=O) groups is 2. The molecule has 0 unspecified atom stereocenters. The minimum Gasteiger partial charge on any atom is -0.462 e. The first-order valence-electron chi connectivity index (χ1n) is 15.9. The molecule has 0 N–H and O–H groups in total. The van der Waals surface area contributed by atoms with Crippen LogP contribution in [-0.2, 0) is 31.4 Å². The summed E-state index contributed by atoms with van der Waals surface area (Å²) in [6.07, 6.45) is 1.67. The van der Waals surface area contributed by atoms with E-state index in [0.717, 1.165) is 49.1 Å². The molecule has 0 aliphatic carbocycles. The molecular formula is C30H66O7Si6. The first kappa shape index (κ1) is 42.6. The third-order valence-electron chi connectivity index (χ3n) is 7.33. The first-order chi connectivity index (χ1) is 19.2. The minimum atomic E-state index is -1.86. The summed E-state index contributed by atoms with van der Waals surface area (Å²) in [6.45, 7) is 39.5. The number of rotatable bonds is 22. The highest BCUT2D eigenvalue weighted by Gasteiger charge is 2.40. The second kappa shape index (κ2) is 17.5. The van der Waals surface area contributed by atoms with Crippen LogP contribution in [0.5, 0.6) is 0 Å². The quantitative estimate of drug-likeness (QED) is 0.0481. The van der Waals surface area contributed by atoms with Crippen LogP contribution in [0.3, 0.4) is 0 Å². The van der Waals surface area contributed by atoms with E-state index in [2.05, 4.69) is 91.7 Å². The maximum atomic E-state index is 11.6. The zero-order valence-electron chi connectivity index (χ0n) is 30.3. The van der Waals surface area contributed by atoms with Gasteiger partial charge in [-0.3, -0.25) is 0 Å². The van der Waals surface area contributed by atoms with Crippen molar-refractivity contribution >= 4 is 61.8 Å². The Hall–Kier alpha value is -0.399. The summed E-state index contributed by atoms with van der Waals surface area (Å²) >= 11 is 0. The molecule has 0 aliphatic rings. The fourth-order valence-electron chi connectivity index (χ4n) is 5.33. The van der Waals surface area contributed by atoms with Gasteiger partial charge in [-0.05, 0) is 142 Å². The Kier molecular flexibility index (Phi) is 17.3. The highest BCUT2D eigenvalue weighted by Crippen LogP contribution is 2.32. The molecule has 0 saturated heterocycles. The van der Waals surface area contributed by atoms with Gasteiger partial charge in [0.2, 0.25) is 0 Å². The molecule has 0 fully saturated rings. The van der Waals surface area contributed by atoms with Crippen molar-refractivity contribution in [3.8, 4) is 0 Å². The topological polar surface area (TPSA) is 80.3 Å². The summed E-state index contributed by atoms with van der Waals surface area (Å²) in [5.74, 6) is -0.623. The van der Waals surface area contributed by atoms with Crippen LogP contribution in [0, 0.1) is 0 Å². The lowest BCUT2D eigenvalue weighted by atomic mass is 10.4. The van der Waals surface area contributed by atoms with Gasteiger partial charge in [0, 0.05) is 11.1 Å². The standard InChI is InChI=1S/C30H66O7Si6/c1-27(2)29(31)33-19-17-21-38(5,6)35-40(9,10)23-25-42(13,14)37-43(15,16)26-24-41(11,12)36-39(7,8)22-18-20-34-30(32)28(3)4/h1,3,17-26H2,2,4-16H3. The van der Waals surface area contributed by atoms with E-state index in [9.17, 15) is 9.59 Å². The van der Waals surface area contributed by atoms with Crippen LogP contribution in [0.2, 0.25) is 115 Å². The molecule has 0 atom stereocenters. The van der Waals surface area contributed by atoms with Crippen LogP contribution in [0.15, 0.2) is 24.3 Å². The van der Waals surface area contributed by atoms with E-state index in [1.54, 1.807) is 13.8 Å². The normalized spacial score (nSPS) is 13.5. The molecule has 0 radical (unpaired) electrons. The van der Waals surface area contributed by atoms with Crippen molar-refractivity contribution < 1.29 is 31.4 Å². The second-order valence-electron chi connectivity index (χ2n) is 15.9. The number of hydrogen-bond acceptors (Lipinski definition) is 7. The van der Waals surface area contributed by atoms with Crippen molar-refractivity contribution in [2.24, 2.45) is 0 Å². The van der Waals surface area contributed by atoms with Crippen LogP contribution in [0.25, 0.3) is 0 Å². The molecule has 0 aromatic rings. The fraction of sp³-hybridized carbons (Fsp3) is 0.800. The molecular weight excluding hydrogens is 641 g/mol. The lowest BCUT2D eigenvalue weighted by Gasteiger charge is -2.39. The van der Waals surface area contributed by atoms with Gasteiger partial charge in [-0.25, -0.2) is 9.59 Å². The monoisotopic (exact) mass is 706 g/mol. The zero-order chi connectivity index (χ0) is 33.9. The van der Waals surface area contributed by atoms with Gasteiger partial charge in [0.25, 0.3) is 0 Å². The van der Waals surface area contributed by atoms with Gasteiger partial charge in [0.1, 0.15) is 0 Å². The number of esters is 2. The molecule has 0 amide bonds. The lowest BCUT2D eigenvalue weighted by Crippen LogP contribution is -2.49. The van der Waals surface area contributed by atoms with Crippen LogP contribution in [0.4, 0.5) is 0 Å². The highest BCUT2D eigenvalue weighted by molar-refractivity contribution is 6.89. The van der Waals surface area contributed by atoms with E-state index < -0.39 is 49.9 Å². The van der Waals surface area contributed by atoms with Gasteiger partial charge in [-0.1, -0.05) is 13.2 Å². The summed E-state index contributed by atoms with van der Waals surface area (Å²) < 4.78 is 31.3. The van der Waals surface area contributed by atoms with Crippen LogP contribution < -0.4 is 0 Å². The van der Waals surface area contributed by atoms with Crippen molar-refractivity contribution in [1.29, 1.82) is 0 Å². The third kappa shape index (κ3) is 21.1. The fourth-order valence-corrected chi connectivity index (χ4v) is 37.4. The van der Waals surface area contributed by atoms with Gasteiger partial charge in [-0.15, -0.1) is 0 Å². The van der Waals surface area contributed by atoms with Crippen molar-refractivity contribution in [1.82, 2.24) is 0 Å². The molecule has 0 spiro atoms. The summed E-state index contributed by atoms with van der Waals surface area (Å²) in [6, 6.07) is 6.43. The Morgan fingerprint density at radius 1 is 0.442 bits per heavy atom.